The zero-order chi connectivity index (χ0) is 11.6. The molecule has 0 radical (unpaired) electrons. The fourth-order valence-electron chi connectivity index (χ4n) is 2.08. The van der Waals surface area contributed by atoms with Crippen LogP contribution in [0.2, 0.25) is 0 Å². The quantitative estimate of drug-likeness (QED) is 0.793. The van der Waals surface area contributed by atoms with Crippen LogP contribution in [0.1, 0.15) is 30.5 Å². The van der Waals surface area contributed by atoms with Gasteiger partial charge in [-0.1, -0.05) is 32.0 Å². The van der Waals surface area contributed by atoms with Crippen molar-refractivity contribution in [1.82, 2.24) is 0 Å². The highest BCUT2D eigenvalue weighted by atomic mass is 16.6. The van der Waals surface area contributed by atoms with Crippen LogP contribution >= 0.6 is 0 Å². The zero-order valence-electron chi connectivity index (χ0n) is 9.95. The summed E-state index contributed by atoms with van der Waals surface area (Å²) in [5.41, 5.74) is 3.94. The Morgan fingerprint density at radius 2 is 2.19 bits per heavy atom. The normalized spacial score (nSPS) is 15.9. The molecule has 2 N–H and O–H groups in total. The SMILES string of the molecule is CC(C)(CON)c1ccc2c(c1)CCOC2. The van der Waals surface area contributed by atoms with Crippen molar-refractivity contribution in [2.45, 2.75) is 32.3 Å². The predicted molar refractivity (Wildman–Crippen MR) is 63.0 cm³/mol. The van der Waals surface area contributed by atoms with Crippen molar-refractivity contribution in [1.29, 1.82) is 0 Å². The number of ether oxygens (including phenoxy) is 1. The molecule has 1 aliphatic heterocycles. The van der Waals surface area contributed by atoms with E-state index in [2.05, 4.69) is 32.0 Å². The molecule has 1 aliphatic rings. The topological polar surface area (TPSA) is 44.5 Å². The van der Waals surface area contributed by atoms with Gasteiger partial charge in [0.2, 0.25) is 0 Å². The molecule has 0 aromatic heterocycles. The number of nitrogens with two attached hydrogens (primary N) is 1. The summed E-state index contributed by atoms with van der Waals surface area (Å²) in [6.07, 6.45) is 1.00. The van der Waals surface area contributed by atoms with Gasteiger partial charge in [0.05, 0.1) is 19.8 Å². The molecule has 1 aromatic rings. The average Bonchev–Trinajstić information content (AvgIpc) is 2.28. The van der Waals surface area contributed by atoms with E-state index in [0.29, 0.717) is 6.61 Å². The third-order valence-electron chi connectivity index (χ3n) is 3.21. The van der Waals surface area contributed by atoms with Crippen LogP contribution in [0, 0.1) is 0 Å². The van der Waals surface area contributed by atoms with Crippen LogP contribution in [0.25, 0.3) is 0 Å². The minimum absolute atomic E-state index is 0.0396. The van der Waals surface area contributed by atoms with E-state index in [0.717, 1.165) is 19.6 Å². The second-order valence-electron chi connectivity index (χ2n) is 4.98. The van der Waals surface area contributed by atoms with Gasteiger partial charge in [-0.15, -0.1) is 0 Å². The summed E-state index contributed by atoms with van der Waals surface area (Å²) in [5.74, 6) is 5.17. The molecule has 16 heavy (non-hydrogen) atoms. The minimum Gasteiger partial charge on any atom is -0.376 e. The lowest BCUT2D eigenvalue weighted by atomic mass is 9.83. The van der Waals surface area contributed by atoms with Crippen molar-refractivity contribution in [2.75, 3.05) is 13.2 Å². The lowest BCUT2D eigenvalue weighted by Crippen LogP contribution is -2.26. The Labute approximate surface area is 96.5 Å². The highest BCUT2D eigenvalue weighted by Gasteiger charge is 2.22. The summed E-state index contributed by atoms with van der Waals surface area (Å²) in [4.78, 5) is 4.78. The van der Waals surface area contributed by atoms with Crippen LogP contribution in [-0.2, 0) is 28.0 Å². The fraction of sp³-hybridized carbons (Fsp3) is 0.538. The van der Waals surface area contributed by atoms with Gasteiger partial charge in [0, 0.05) is 5.41 Å². The molecule has 0 saturated heterocycles. The van der Waals surface area contributed by atoms with Crippen LogP contribution in [0.3, 0.4) is 0 Å². The van der Waals surface area contributed by atoms with Crippen molar-refractivity contribution in [3.8, 4) is 0 Å². The Hall–Kier alpha value is -0.900. The molecular weight excluding hydrogens is 202 g/mol. The first-order valence-electron chi connectivity index (χ1n) is 5.65. The molecule has 3 nitrogen and oxygen atoms in total. The molecule has 3 heteroatoms. The van der Waals surface area contributed by atoms with Gasteiger partial charge in [0.1, 0.15) is 0 Å². The van der Waals surface area contributed by atoms with Gasteiger partial charge >= 0.3 is 0 Å². The van der Waals surface area contributed by atoms with Gasteiger partial charge in [-0.05, 0) is 23.1 Å². The number of hydrogen-bond donors (Lipinski definition) is 1. The average molecular weight is 221 g/mol. The number of fused-ring (bicyclic) bond motifs is 1. The van der Waals surface area contributed by atoms with Crippen molar-refractivity contribution in [3.63, 3.8) is 0 Å². The molecule has 2 rings (SSSR count). The molecular formula is C13H19NO2. The van der Waals surface area contributed by atoms with E-state index in [4.69, 9.17) is 15.5 Å². The Morgan fingerprint density at radius 3 is 2.94 bits per heavy atom. The van der Waals surface area contributed by atoms with Crippen LogP contribution < -0.4 is 5.90 Å². The van der Waals surface area contributed by atoms with E-state index < -0.39 is 0 Å². The van der Waals surface area contributed by atoms with Crippen molar-refractivity contribution < 1.29 is 9.57 Å². The van der Waals surface area contributed by atoms with E-state index in [9.17, 15) is 0 Å². The first-order chi connectivity index (χ1) is 7.63. The van der Waals surface area contributed by atoms with Crippen molar-refractivity contribution in [2.24, 2.45) is 5.90 Å². The molecule has 0 spiro atoms. The Bertz CT molecular complexity index is 374. The second-order valence-corrected chi connectivity index (χ2v) is 4.98. The van der Waals surface area contributed by atoms with Gasteiger partial charge in [-0.25, -0.2) is 5.90 Å². The van der Waals surface area contributed by atoms with Gasteiger partial charge < -0.3 is 9.57 Å². The van der Waals surface area contributed by atoms with E-state index in [1.165, 1.54) is 16.7 Å². The van der Waals surface area contributed by atoms with Crippen LogP contribution in [0.4, 0.5) is 0 Å². The molecule has 0 amide bonds. The van der Waals surface area contributed by atoms with Crippen molar-refractivity contribution in [3.05, 3.63) is 34.9 Å². The monoisotopic (exact) mass is 221 g/mol. The summed E-state index contributed by atoms with van der Waals surface area (Å²) in [5, 5.41) is 0. The molecule has 0 saturated carbocycles. The molecule has 0 atom stereocenters. The maximum absolute atomic E-state index is 5.42. The van der Waals surface area contributed by atoms with E-state index in [1.54, 1.807) is 0 Å². The summed E-state index contributed by atoms with van der Waals surface area (Å²) >= 11 is 0. The van der Waals surface area contributed by atoms with Gasteiger partial charge in [0.15, 0.2) is 0 Å². The lowest BCUT2D eigenvalue weighted by Gasteiger charge is -2.26. The standard InChI is InChI=1S/C13H19NO2/c1-13(2,9-16-14)12-4-3-11-8-15-6-5-10(11)7-12/h3-4,7H,5-6,8-9,14H2,1-2H3. The summed E-state index contributed by atoms with van der Waals surface area (Å²) in [6.45, 7) is 6.37. The summed E-state index contributed by atoms with van der Waals surface area (Å²) in [7, 11) is 0. The Kier molecular flexibility index (Phi) is 3.28. The van der Waals surface area contributed by atoms with Crippen LogP contribution in [-0.4, -0.2) is 13.2 Å². The van der Waals surface area contributed by atoms with Crippen LogP contribution in [0.15, 0.2) is 18.2 Å². The highest BCUT2D eigenvalue weighted by molar-refractivity contribution is 5.36. The molecule has 0 aliphatic carbocycles. The number of benzene rings is 1. The lowest BCUT2D eigenvalue weighted by molar-refractivity contribution is 0.0958. The molecule has 0 bridgehead atoms. The summed E-state index contributed by atoms with van der Waals surface area (Å²) < 4.78 is 5.42. The van der Waals surface area contributed by atoms with Gasteiger partial charge in [0.25, 0.3) is 0 Å². The fourth-order valence-corrected chi connectivity index (χ4v) is 2.08. The molecule has 0 fully saturated rings. The smallest absolute Gasteiger partial charge is 0.0770 e. The maximum Gasteiger partial charge on any atom is 0.0770 e. The first-order valence-corrected chi connectivity index (χ1v) is 5.65. The Morgan fingerprint density at radius 1 is 1.38 bits per heavy atom. The zero-order valence-corrected chi connectivity index (χ0v) is 9.95. The van der Waals surface area contributed by atoms with Crippen LogP contribution in [0.5, 0.6) is 0 Å². The van der Waals surface area contributed by atoms with Gasteiger partial charge in [-0.3, -0.25) is 0 Å². The van der Waals surface area contributed by atoms with E-state index in [1.807, 2.05) is 0 Å². The third kappa shape index (κ3) is 2.26. The molecule has 1 heterocycles. The van der Waals surface area contributed by atoms with E-state index in [-0.39, 0.29) is 5.41 Å². The Balaban J connectivity index is 2.29. The first kappa shape index (κ1) is 11.6. The number of rotatable bonds is 3. The third-order valence-corrected chi connectivity index (χ3v) is 3.21. The second kappa shape index (κ2) is 4.53. The molecule has 0 unspecified atom stereocenters. The predicted octanol–water partition coefficient (Wildman–Crippen LogP) is 1.93. The molecule has 88 valence electrons. The highest BCUT2D eigenvalue weighted by Crippen LogP contribution is 2.27. The van der Waals surface area contributed by atoms with E-state index >= 15 is 0 Å². The minimum atomic E-state index is -0.0396. The molecule has 1 aromatic carbocycles. The van der Waals surface area contributed by atoms with Gasteiger partial charge in [-0.2, -0.15) is 0 Å². The largest absolute Gasteiger partial charge is 0.376 e. The number of hydrogen-bond acceptors (Lipinski definition) is 3. The van der Waals surface area contributed by atoms with Crippen molar-refractivity contribution >= 4 is 0 Å². The summed E-state index contributed by atoms with van der Waals surface area (Å²) in [6, 6.07) is 6.56. The maximum atomic E-state index is 5.42.